The average molecular weight is 358 g/mol. The number of carbonyl (C=O) groups excluding carboxylic acids is 1. The average Bonchev–Trinajstić information content (AvgIpc) is 3.29. The number of fused-ring (bicyclic) bond motifs is 1. The van der Waals surface area contributed by atoms with Crippen LogP contribution < -0.4 is 5.32 Å². The van der Waals surface area contributed by atoms with Crippen LogP contribution in [0.4, 0.5) is 0 Å². The summed E-state index contributed by atoms with van der Waals surface area (Å²) in [6.45, 7) is 7.29. The van der Waals surface area contributed by atoms with E-state index in [0.29, 0.717) is 24.6 Å². The van der Waals surface area contributed by atoms with Crippen LogP contribution in [0.5, 0.6) is 0 Å². The van der Waals surface area contributed by atoms with Crippen molar-refractivity contribution in [2.45, 2.75) is 13.5 Å². The van der Waals surface area contributed by atoms with E-state index >= 15 is 0 Å². The van der Waals surface area contributed by atoms with Gasteiger partial charge in [-0.2, -0.15) is 10.2 Å². The number of aryl methyl sites for hydroxylation is 1. The Balaban J connectivity index is 1.41. The number of amides is 1. The van der Waals surface area contributed by atoms with Crippen LogP contribution in [0, 0.1) is 18.3 Å². The first-order valence-corrected chi connectivity index (χ1v) is 9.42. The van der Waals surface area contributed by atoms with Gasteiger partial charge < -0.3 is 10.1 Å². The fourth-order valence-corrected chi connectivity index (χ4v) is 4.81. The van der Waals surface area contributed by atoms with E-state index < -0.39 is 0 Å². The van der Waals surface area contributed by atoms with Gasteiger partial charge in [0.1, 0.15) is 0 Å². The molecule has 7 heteroatoms. The molecule has 6 nitrogen and oxygen atoms in total. The molecular weight excluding hydrogens is 336 g/mol. The van der Waals surface area contributed by atoms with Crippen molar-refractivity contribution >= 4 is 17.2 Å². The number of hydrogen-bond donors (Lipinski definition) is 1. The van der Waals surface area contributed by atoms with Gasteiger partial charge in [-0.1, -0.05) is 0 Å². The highest BCUT2D eigenvalue weighted by atomic mass is 32.1. The highest BCUT2D eigenvalue weighted by molar-refractivity contribution is 7.10. The SMILES string of the molecule is Cc1ccsc1CN1C[C@@H]2COC[C@]2(CNC(=O)c2ccnnc2)C1. The third kappa shape index (κ3) is 3.31. The van der Waals surface area contributed by atoms with Gasteiger partial charge in [0, 0.05) is 42.4 Å². The van der Waals surface area contributed by atoms with E-state index in [2.05, 4.69) is 38.8 Å². The maximum atomic E-state index is 12.3. The predicted octanol–water partition coefficient (Wildman–Crippen LogP) is 1.72. The number of carbonyl (C=O) groups is 1. The standard InChI is InChI=1S/C18H22N4O2S/c1-13-3-5-25-16(13)8-22-7-15-9-24-12-18(15,11-22)10-19-17(23)14-2-4-20-21-6-14/h2-6,15H,7-12H2,1H3,(H,19,23)/t15-,18+/m1/s1. The molecule has 2 aliphatic heterocycles. The molecule has 0 aliphatic carbocycles. The van der Waals surface area contributed by atoms with Crippen molar-refractivity contribution in [3.63, 3.8) is 0 Å². The smallest absolute Gasteiger partial charge is 0.252 e. The zero-order chi connectivity index (χ0) is 17.3. The van der Waals surface area contributed by atoms with Gasteiger partial charge in [0.05, 0.1) is 31.2 Å². The minimum Gasteiger partial charge on any atom is -0.380 e. The van der Waals surface area contributed by atoms with Crippen LogP contribution in [0.15, 0.2) is 29.9 Å². The Morgan fingerprint density at radius 2 is 2.40 bits per heavy atom. The Labute approximate surface area is 151 Å². The van der Waals surface area contributed by atoms with Gasteiger partial charge in [0.15, 0.2) is 0 Å². The van der Waals surface area contributed by atoms with Crippen molar-refractivity contribution < 1.29 is 9.53 Å². The van der Waals surface area contributed by atoms with Gasteiger partial charge in [-0.25, -0.2) is 0 Å². The van der Waals surface area contributed by atoms with E-state index in [-0.39, 0.29) is 11.3 Å². The van der Waals surface area contributed by atoms with Gasteiger partial charge in [-0.05, 0) is 30.0 Å². The zero-order valence-electron chi connectivity index (χ0n) is 14.3. The number of likely N-dealkylation sites (tertiary alicyclic amines) is 1. The molecule has 4 heterocycles. The number of nitrogens with one attached hydrogen (secondary N) is 1. The molecule has 0 radical (unpaired) electrons. The molecule has 0 bridgehead atoms. The number of aromatic nitrogens is 2. The lowest BCUT2D eigenvalue weighted by Gasteiger charge is -2.27. The normalized spacial score (nSPS) is 25.9. The molecule has 2 aromatic rings. The van der Waals surface area contributed by atoms with E-state index in [1.54, 1.807) is 6.07 Å². The van der Waals surface area contributed by atoms with Crippen molar-refractivity contribution in [3.8, 4) is 0 Å². The van der Waals surface area contributed by atoms with Crippen LogP contribution in [0.1, 0.15) is 20.8 Å². The summed E-state index contributed by atoms with van der Waals surface area (Å²) in [6, 6.07) is 3.86. The molecule has 0 aromatic carbocycles. The Bertz CT molecular complexity index is 751. The molecule has 0 unspecified atom stereocenters. The quantitative estimate of drug-likeness (QED) is 0.882. The van der Waals surface area contributed by atoms with Crippen LogP contribution in [0.2, 0.25) is 0 Å². The molecule has 1 N–H and O–H groups in total. The van der Waals surface area contributed by atoms with Crippen molar-refractivity contribution in [2.24, 2.45) is 11.3 Å². The molecule has 1 amide bonds. The minimum absolute atomic E-state index is 0.0152. The van der Waals surface area contributed by atoms with Gasteiger partial charge >= 0.3 is 0 Å². The lowest BCUT2D eigenvalue weighted by atomic mass is 9.81. The van der Waals surface area contributed by atoms with E-state index in [1.807, 2.05) is 11.3 Å². The maximum absolute atomic E-state index is 12.3. The van der Waals surface area contributed by atoms with Crippen LogP contribution in [-0.4, -0.2) is 53.9 Å². The largest absolute Gasteiger partial charge is 0.380 e. The van der Waals surface area contributed by atoms with Crippen LogP contribution in [0.3, 0.4) is 0 Å². The number of thiophene rings is 1. The van der Waals surface area contributed by atoms with E-state index in [1.165, 1.54) is 22.8 Å². The highest BCUT2D eigenvalue weighted by Crippen LogP contribution is 2.41. The Kier molecular flexibility index (Phi) is 4.54. The molecule has 2 aliphatic rings. The predicted molar refractivity (Wildman–Crippen MR) is 95.4 cm³/mol. The fraction of sp³-hybridized carbons (Fsp3) is 0.500. The number of rotatable bonds is 5. The van der Waals surface area contributed by atoms with E-state index in [9.17, 15) is 4.79 Å². The molecule has 2 atom stereocenters. The van der Waals surface area contributed by atoms with Crippen molar-refractivity contribution in [2.75, 3.05) is 32.8 Å². The van der Waals surface area contributed by atoms with Crippen molar-refractivity contribution in [1.29, 1.82) is 0 Å². The molecule has 4 rings (SSSR count). The highest BCUT2D eigenvalue weighted by Gasteiger charge is 2.50. The van der Waals surface area contributed by atoms with E-state index in [0.717, 1.165) is 26.2 Å². The molecule has 0 spiro atoms. The molecule has 132 valence electrons. The molecular formula is C18H22N4O2S. The summed E-state index contributed by atoms with van der Waals surface area (Å²) in [5.41, 5.74) is 1.93. The summed E-state index contributed by atoms with van der Waals surface area (Å²) < 4.78 is 5.76. The first-order chi connectivity index (χ1) is 12.2. The minimum atomic E-state index is -0.0949. The number of hydrogen-bond acceptors (Lipinski definition) is 6. The Morgan fingerprint density at radius 3 is 3.16 bits per heavy atom. The summed E-state index contributed by atoms with van der Waals surface area (Å²) in [4.78, 5) is 16.3. The molecule has 2 fully saturated rings. The second kappa shape index (κ2) is 6.82. The van der Waals surface area contributed by atoms with Gasteiger partial charge in [0.25, 0.3) is 5.91 Å². The van der Waals surface area contributed by atoms with Crippen LogP contribution in [0.25, 0.3) is 0 Å². The van der Waals surface area contributed by atoms with Gasteiger partial charge in [-0.3, -0.25) is 9.69 Å². The lowest BCUT2D eigenvalue weighted by molar-refractivity contribution is 0.0904. The fourth-order valence-electron chi connectivity index (χ4n) is 3.87. The van der Waals surface area contributed by atoms with Crippen LogP contribution in [-0.2, 0) is 11.3 Å². The second-order valence-corrected chi connectivity index (χ2v) is 8.09. The second-order valence-electron chi connectivity index (χ2n) is 7.08. The molecule has 2 aromatic heterocycles. The molecule has 25 heavy (non-hydrogen) atoms. The molecule has 2 saturated heterocycles. The first-order valence-electron chi connectivity index (χ1n) is 8.54. The summed E-state index contributed by atoms with van der Waals surface area (Å²) in [5.74, 6) is 0.381. The first kappa shape index (κ1) is 16.6. The summed E-state index contributed by atoms with van der Waals surface area (Å²) in [6.07, 6.45) is 3.03. The summed E-state index contributed by atoms with van der Waals surface area (Å²) in [7, 11) is 0. The zero-order valence-corrected chi connectivity index (χ0v) is 15.1. The van der Waals surface area contributed by atoms with Gasteiger partial charge in [-0.15, -0.1) is 11.3 Å². The molecule has 0 saturated carbocycles. The van der Waals surface area contributed by atoms with E-state index in [4.69, 9.17) is 4.74 Å². The maximum Gasteiger partial charge on any atom is 0.252 e. The summed E-state index contributed by atoms with van der Waals surface area (Å²) in [5, 5.41) is 12.7. The number of ether oxygens (including phenoxy) is 1. The third-order valence-corrected chi connectivity index (χ3v) is 6.38. The van der Waals surface area contributed by atoms with Crippen molar-refractivity contribution in [1.82, 2.24) is 20.4 Å². The lowest BCUT2D eigenvalue weighted by Crippen LogP contribution is -2.43. The van der Waals surface area contributed by atoms with Crippen LogP contribution >= 0.6 is 11.3 Å². The third-order valence-electron chi connectivity index (χ3n) is 5.37. The summed E-state index contributed by atoms with van der Waals surface area (Å²) >= 11 is 1.82. The van der Waals surface area contributed by atoms with Crippen molar-refractivity contribution in [3.05, 3.63) is 45.9 Å². The topological polar surface area (TPSA) is 67.3 Å². The Morgan fingerprint density at radius 1 is 1.48 bits per heavy atom. The van der Waals surface area contributed by atoms with Gasteiger partial charge in [0.2, 0.25) is 0 Å². The number of nitrogens with zero attached hydrogens (tertiary/aromatic N) is 3. The monoisotopic (exact) mass is 358 g/mol. The Hall–Kier alpha value is -1.83.